The van der Waals surface area contributed by atoms with Crippen LogP contribution in [0.5, 0.6) is 0 Å². The van der Waals surface area contributed by atoms with Crippen LogP contribution >= 0.6 is 0 Å². The number of fused-ring (bicyclic) bond motifs is 1. The highest BCUT2D eigenvalue weighted by Gasteiger charge is 2.24. The third-order valence-electron chi connectivity index (χ3n) is 3.67. The van der Waals surface area contributed by atoms with Crippen molar-refractivity contribution < 1.29 is 9.72 Å². The lowest BCUT2D eigenvalue weighted by molar-refractivity contribution is -0.384. The monoisotopic (exact) mass is 297 g/mol. The summed E-state index contributed by atoms with van der Waals surface area (Å²) in [4.78, 5) is 24.5. The number of urea groups is 1. The van der Waals surface area contributed by atoms with Gasteiger partial charge in [0.25, 0.3) is 5.69 Å². The number of carbonyl (C=O) groups excluding carboxylic acids is 1. The number of rotatable bonds is 2. The van der Waals surface area contributed by atoms with Crippen molar-refractivity contribution in [3.63, 3.8) is 0 Å². The number of amides is 2. The Labute approximate surface area is 127 Å². The minimum absolute atomic E-state index is 0.00170. The van der Waals surface area contributed by atoms with Crippen LogP contribution in [0.25, 0.3) is 0 Å². The fraction of sp³-hybridized carbons (Fsp3) is 0.188. The number of hydrogen-bond acceptors (Lipinski definition) is 3. The number of nitro benzene ring substituents is 1. The van der Waals surface area contributed by atoms with E-state index in [-0.39, 0.29) is 11.7 Å². The third kappa shape index (κ3) is 2.76. The quantitative estimate of drug-likeness (QED) is 0.680. The van der Waals surface area contributed by atoms with E-state index in [1.807, 2.05) is 18.2 Å². The van der Waals surface area contributed by atoms with Crippen molar-refractivity contribution in [1.82, 2.24) is 0 Å². The Morgan fingerprint density at radius 2 is 1.95 bits per heavy atom. The first-order valence-electron chi connectivity index (χ1n) is 7.06. The van der Waals surface area contributed by atoms with Crippen molar-refractivity contribution in [1.29, 1.82) is 0 Å². The molecule has 0 fully saturated rings. The highest BCUT2D eigenvalue weighted by atomic mass is 16.6. The van der Waals surface area contributed by atoms with Crippen molar-refractivity contribution in [2.45, 2.75) is 12.8 Å². The Balaban J connectivity index is 1.88. The van der Waals surface area contributed by atoms with Crippen molar-refractivity contribution in [3.05, 3.63) is 64.2 Å². The average Bonchev–Trinajstić information content (AvgIpc) is 2.54. The van der Waals surface area contributed by atoms with Crippen LogP contribution in [0.15, 0.2) is 48.5 Å². The largest absolute Gasteiger partial charge is 0.326 e. The fourth-order valence-electron chi connectivity index (χ4n) is 2.60. The van der Waals surface area contributed by atoms with Gasteiger partial charge in [0.2, 0.25) is 0 Å². The summed E-state index contributed by atoms with van der Waals surface area (Å²) in [5.41, 5.74) is 2.28. The lowest BCUT2D eigenvalue weighted by Crippen LogP contribution is -2.38. The molecule has 1 N–H and O–H groups in total. The van der Waals surface area contributed by atoms with Crippen LogP contribution in [0.2, 0.25) is 0 Å². The van der Waals surface area contributed by atoms with Gasteiger partial charge in [0.1, 0.15) is 0 Å². The molecule has 1 aliphatic heterocycles. The fourth-order valence-corrected chi connectivity index (χ4v) is 2.60. The van der Waals surface area contributed by atoms with E-state index in [0.717, 1.165) is 18.4 Å². The first-order valence-corrected chi connectivity index (χ1v) is 7.06. The maximum absolute atomic E-state index is 12.5. The number of nitrogens with zero attached hydrogens (tertiary/aromatic N) is 2. The molecule has 0 spiro atoms. The standard InChI is InChI=1S/C16H15N3O3/c20-16(17-13-6-2-1-3-7-13)18-10-4-5-12-8-9-14(19(21)22)11-15(12)18/h1-3,6-9,11H,4-5,10H2,(H,17,20). The predicted octanol–water partition coefficient (Wildman–Crippen LogP) is 3.58. The molecular formula is C16H15N3O3. The van der Waals surface area contributed by atoms with E-state index in [2.05, 4.69) is 5.32 Å². The second kappa shape index (κ2) is 5.85. The summed E-state index contributed by atoms with van der Waals surface area (Å²) in [7, 11) is 0. The molecule has 2 aromatic carbocycles. The molecule has 2 aromatic rings. The van der Waals surface area contributed by atoms with Gasteiger partial charge in [-0.15, -0.1) is 0 Å². The van der Waals surface area contributed by atoms with Gasteiger partial charge in [-0.05, 0) is 30.5 Å². The molecule has 6 nitrogen and oxygen atoms in total. The van der Waals surface area contributed by atoms with E-state index in [1.165, 1.54) is 12.1 Å². The Morgan fingerprint density at radius 1 is 1.18 bits per heavy atom. The van der Waals surface area contributed by atoms with Crippen LogP contribution in [0.1, 0.15) is 12.0 Å². The third-order valence-corrected chi connectivity index (χ3v) is 3.67. The number of non-ortho nitro benzene ring substituents is 1. The predicted molar refractivity (Wildman–Crippen MR) is 84.2 cm³/mol. The van der Waals surface area contributed by atoms with Crippen molar-refractivity contribution >= 4 is 23.1 Å². The SMILES string of the molecule is O=C(Nc1ccccc1)N1CCCc2ccc([N+](=O)[O-])cc21. The minimum atomic E-state index is -0.442. The zero-order valence-corrected chi connectivity index (χ0v) is 11.9. The molecule has 0 atom stereocenters. The summed E-state index contributed by atoms with van der Waals surface area (Å²) in [5.74, 6) is 0. The molecule has 0 aromatic heterocycles. The van der Waals surface area contributed by atoms with Crippen LogP contribution in [0.4, 0.5) is 21.9 Å². The summed E-state index contributed by atoms with van der Waals surface area (Å²) in [5, 5.41) is 13.8. The maximum Gasteiger partial charge on any atom is 0.326 e. The molecule has 0 radical (unpaired) electrons. The van der Waals surface area contributed by atoms with Crippen LogP contribution in [-0.4, -0.2) is 17.5 Å². The lowest BCUT2D eigenvalue weighted by Gasteiger charge is -2.29. The average molecular weight is 297 g/mol. The van der Waals surface area contributed by atoms with Crippen LogP contribution in [0, 0.1) is 10.1 Å². The van der Waals surface area contributed by atoms with Gasteiger partial charge in [-0.1, -0.05) is 24.3 Å². The molecule has 0 bridgehead atoms. The summed E-state index contributed by atoms with van der Waals surface area (Å²) in [6, 6.07) is 13.6. The molecule has 0 aliphatic carbocycles. The molecule has 112 valence electrons. The lowest BCUT2D eigenvalue weighted by atomic mass is 10.0. The first-order chi connectivity index (χ1) is 10.6. The second-order valence-corrected chi connectivity index (χ2v) is 5.12. The number of nitro groups is 1. The van der Waals surface area contributed by atoms with Gasteiger partial charge in [0.05, 0.1) is 10.6 Å². The zero-order valence-electron chi connectivity index (χ0n) is 11.9. The molecule has 1 aliphatic rings. The zero-order chi connectivity index (χ0) is 15.5. The number of benzene rings is 2. The van der Waals surface area contributed by atoms with Gasteiger partial charge in [-0.2, -0.15) is 0 Å². The van der Waals surface area contributed by atoms with Crippen LogP contribution in [0.3, 0.4) is 0 Å². The number of nitrogens with one attached hydrogen (secondary N) is 1. The maximum atomic E-state index is 12.5. The number of anilines is 2. The highest BCUT2D eigenvalue weighted by molar-refractivity contribution is 6.02. The number of para-hydroxylation sites is 1. The molecule has 0 saturated heterocycles. The number of aryl methyl sites for hydroxylation is 1. The molecule has 0 unspecified atom stereocenters. The molecule has 22 heavy (non-hydrogen) atoms. The Bertz CT molecular complexity index is 716. The topological polar surface area (TPSA) is 75.5 Å². The van der Waals surface area contributed by atoms with E-state index in [0.29, 0.717) is 17.9 Å². The highest BCUT2D eigenvalue weighted by Crippen LogP contribution is 2.31. The summed E-state index contributed by atoms with van der Waals surface area (Å²) >= 11 is 0. The van der Waals surface area contributed by atoms with Crippen molar-refractivity contribution in [2.24, 2.45) is 0 Å². The molecule has 3 rings (SSSR count). The Morgan fingerprint density at radius 3 is 2.68 bits per heavy atom. The van der Waals surface area contributed by atoms with E-state index >= 15 is 0 Å². The van der Waals surface area contributed by atoms with Gasteiger partial charge in [-0.3, -0.25) is 15.0 Å². The van der Waals surface area contributed by atoms with Gasteiger partial charge >= 0.3 is 6.03 Å². The van der Waals surface area contributed by atoms with E-state index in [4.69, 9.17) is 0 Å². The molecule has 6 heteroatoms. The van der Waals surface area contributed by atoms with Gasteiger partial charge in [0, 0.05) is 24.4 Å². The molecule has 0 saturated carbocycles. The molecule has 2 amide bonds. The van der Waals surface area contributed by atoms with Gasteiger partial charge < -0.3 is 5.32 Å². The number of hydrogen-bond donors (Lipinski definition) is 1. The van der Waals surface area contributed by atoms with Gasteiger partial charge in [-0.25, -0.2) is 4.79 Å². The van der Waals surface area contributed by atoms with Crippen LogP contribution < -0.4 is 10.2 Å². The van der Waals surface area contributed by atoms with Gasteiger partial charge in [0.15, 0.2) is 0 Å². The minimum Gasteiger partial charge on any atom is -0.308 e. The number of carbonyl (C=O) groups is 1. The smallest absolute Gasteiger partial charge is 0.308 e. The summed E-state index contributed by atoms with van der Waals surface area (Å²) in [6.07, 6.45) is 1.66. The summed E-state index contributed by atoms with van der Waals surface area (Å²) < 4.78 is 0. The van der Waals surface area contributed by atoms with Crippen LogP contribution in [-0.2, 0) is 6.42 Å². The first kappa shape index (κ1) is 14.1. The second-order valence-electron chi connectivity index (χ2n) is 5.12. The molecule has 1 heterocycles. The van der Waals surface area contributed by atoms with E-state index < -0.39 is 4.92 Å². The Hall–Kier alpha value is -2.89. The summed E-state index contributed by atoms with van der Waals surface area (Å²) in [6.45, 7) is 0.548. The van der Waals surface area contributed by atoms with Crippen molar-refractivity contribution in [2.75, 3.05) is 16.8 Å². The Kier molecular flexibility index (Phi) is 3.74. The molecular weight excluding hydrogens is 282 g/mol. The van der Waals surface area contributed by atoms with Crippen molar-refractivity contribution in [3.8, 4) is 0 Å². The normalized spacial score (nSPS) is 13.4. The van der Waals surface area contributed by atoms with E-state index in [1.54, 1.807) is 23.1 Å². The van der Waals surface area contributed by atoms with E-state index in [9.17, 15) is 14.9 Å².